The maximum atomic E-state index is 13.0. The molecule has 9 aromatic rings. The Bertz CT molecular complexity index is 4300. The zero-order chi connectivity index (χ0) is 80.6. The Morgan fingerprint density at radius 2 is 0.727 bits per heavy atom. The normalized spacial score (nSPS) is 19.4. The summed E-state index contributed by atoms with van der Waals surface area (Å²) in [6.45, 7) is 31.7. The first-order valence-electron chi connectivity index (χ1n) is 37.5. The zero-order valence-electron chi connectivity index (χ0n) is 66.1. The summed E-state index contributed by atoms with van der Waals surface area (Å²) in [6, 6.07) is 38.5. The minimum Gasteiger partial charge on any atom is -0.393 e. The highest BCUT2D eigenvalue weighted by Gasteiger charge is 2.45. The Balaban J connectivity index is 0.000000181. The van der Waals surface area contributed by atoms with Crippen molar-refractivity contribution in [3.8, 4) is 41.8 Å². The predicted molar refractivity (Wildman–Crippen MR) is 450 cm³/mol. The van der Waals surface area contributed by atoms with Gasteiger partial charge in [0.25, 0.3) is 0 Å². The van der Waals surface area contributed by atoms with E-state index in [0.717, 1.165) is 83.2 Å². The van der Waals surface area contributed by atoms with Crippen LogP contribution in [0.2, 0.25) is 0 Å². The van der Waals surface area contributed by atoms with Crippen LogP contribution in [-0.2, 0) is 24.0 Å². The Kier molecular flexibility index (Phi) is 31.6. The second kappa shape index (κ2) is 39.6. The van der Waals surface area contributed by atoms with Gasteiger partial charge in [0, 0.05) is 54.3 Å². The van der Waals surface area contributed by atoms with Crippen molar-refractivity contribution in [2.24, 2.45) is 39.9 Å². The summed E-state index contributed by atoms with van der Waals surface area (Å²) in [4.78, 5) is 89.0. The summed E-state index contributed by atoms with van der Waals surface area (Å²) in [7, 11) is 0. The average molecular weight is 1640 g/mol. The van der Waals surface area contributed by atoms with Gasteiger partial charge in [0.1, 0.15) is 12.1 Å². The molecule has 2 aliphatic heterocycles. The number of hydrogen-bond donors (Lipinski definition) is 9. The molecular weight excluding hydrogens is 1530 g/mol. The van der Waals surface area contributed by atoms with Gasteiger partial charge in [-0.2, -0.15) is 0 Å². The molecule has 0 radical (unpaired) electrons. The molecule has 12 rings (SSSR count). The number of aromatic nitrogens is 4. The molecule has 3 aliphatic rings. The van der Waals surface area contributed by atoms with Gasteiger partial charge in [-0.1, -0.05) is 174 Å². The number of amides is 5. The SMILES string of the molecule is C[C@H](N)c1ccc(Br)cc1.Cc1ncsc1-c1ccc([C@H](C)N)cc1.Cc1ncsc1-c1ccc([C@H](C)NC(=O)[C@@H]2C[C@@H](O)CN2C(=O)[C@@H](C)C(C)(C)C)cc1.Cc1ncsc1-c1ccc([C@H](C)NC(=O)[C@@H]2C[C@@H](O)CN2C(=O)[C@@H](N)C(C)(C)C)cc1.Cc1ncsc1-c1ccc([C@H](C)NC(=O)[C@H]2CC[C@H](O)C2)cc1. The van der Waals surface area contributed by atoms with E-state index in [9.17, 15) is 39.3 Å². The number of halogens is 1. The second-order valence-electron chi connectivity index (χ2n) is 31.3. The van der Waals surface area contributed by atoms with Crippen LogP contribution in [0.5, 0.6) is 0 Å². The van der Waals surface area contributed by atoms with Crippen LogP contribution in [-0.4, -0.2) is 124 Å². The summed E-state index contributed by atoms with van der Waals surface area (Å²) in [6.07, 6.45) is 0.854. The number of aliphatic hydroxyl groups is 3. The standard InChI is InChI=1S/C24H33N3O3S.C23H32N4O3S.C18H22N2O2S.C12H14N2S.C8H10BrN/c1-14(24(4,5)6)23(30)27-12-19(28)11-20(27)22(29)26-15(2)17-7-9-18(10-8-17)21-16(3)25-13-31-21;1-13(15-6-8-16(9-7-15)19-14(2)25-12-31-19)26-21(29)18-10-17(28)11-27(18)22(30)20(24)23(3,4)5;1-11(20-18(22)15-7-8-16(21)9-15)13-3-5-14(6-4-13)17-12(2)19-10-23-17;1-8(13)10-3-5-11(6-4-10)12-9(2)14-7-15-12;1-6(10)7-2-4-8(9)5-3-7/h7-10,13-15,19-20,28H,11-12H2,1-6H3,(H,26,29);6-9,12-13,17-18,20,28H,10-11,24H2,1-5H3,(H,26,29);3-6,10-11,15-16,21H,7-9H2,1-2H3,(H,20,22);3-8H,13H2,1-2H3;2-6H,10H2,1H3/t14-,15+,19-,20+;13-,17+,18-,20+;11-,15-,16-;8-;6-/m10000/s1. The molecule has 1 saturated carbocycles. The molecule has 5 amide bonds. The number of thiazole rings is 4. The number of aryl methyl sites for hydroxylation is 4. The molecule has 12 N–H and O–H groups in total. The first kappa shape index (κ1) is 87.8. The largest absolute Gasteiger partial charge is 0.393 e. The molecule has 25 heteroatoms. The number of nitrogens with one attached hydrogen (secondary N) is 3. The summed E-state index contributed by atoms with van der Waals surface area (Å²) in [5.41, 5.74) is 38.4. The van der Waals surface area contributed by atoms with Gasteiger partial charge < -0.3 is 58.3 Å². The molecule has 4 aromatic heterocycles. The molecule has 590 valence electrons. The van der Waals surface area contributed by atoms with Crippen LogP contribution >= 0.6 is 61.3 Å². The molecule has 2 saturated heterocycles. The molecule has 20 nitrogen and oxygen atoms in total. The molecule has 1 aliphatic carbocycles. The van der Waals surface area contributed by atoms with Gasteiger partial charge >= 0.3 is 0 Å². The van der Waals surface area contributed by atoms with E-state index in [0.29, 0.717) is 6.42 Å². The number of aliphatic hydroxyl groups excluding tert-OH is 3. The summed E-state index contributed by atoms with van der Waals surface area (Å²) < 4.78 is 1.09. The zero-order valence-corrected chi connectivity index (χ0v) is 71.0. The molecule has 0 bridgehead atoms. The second-order valence-corrected chi connectivity index (χ2v) is 35.6. The van der Waals surface area contributed by atoms with Crippen molar-refractivity contribution >= 4 is 90.8 Å². The van der Waals surface area contributed by atoms with E-state index in [1.54, 1.807) is 50.2 Å². The molecular formula is C85H111BrN12O8S4. The highest BCUT2D eigenvalue weighted by molar-refractivity contribution is 9.10. The van der Waals surface area contributed by atoms with Crippen LogP contribution in [0.3, 0.4) is 0 Å². The number of carbonyl (C=O) groups excluding carboxylic acids is 5. The summed E-state index contributed by atoms with van der Waals surface area (Å²) in [5.74, 6) is -1.12. The number of carbonyl (C=O) groups is 5. The van der Waals surface area contributed by atoms with Crippen LogP contribution < -0.4 is 33.2 Å². The van der Waals surface area contributed by atoms with Crippen molar-refractivity contribution < 1.29 is 39.3 Å². The number of β-amino-alcohol motifs (C(OH)–C–C–N with tert-alkyl or cyclic N) is 2. The summed E-state index contributed by atoms with van der Waals surface area (Å²) in [5, 5.41) is 38.9. The first-order valence-corrected chi connectivity index (χ1v) is 41.8. The van der Waals surface area contributed by atoms with Gasteiger partial charge in [-0.05, 0) is 155 Å². The molecule has 0 unspecified atom stereocenters. The quantitative estimate of drug-likeness (QED) is 0.0409. The van der Waals surface area contributed by atoms with Gasteiger partial charge in [0.2, 0.25) is 29.5 Å². The number of rotatable bonds is 17. The fourth-order valence-electron chi connectivity index (χ4n) is 13.0. The van der Waals surface area contributed by atoms with Crippen molar-refractivity contribution in [2.75, 3.05) is 13.1 Å². The number of nitrogens with two attached hydrogens (primary N) is 3. The van der Waals surface area contributed by atoms with Crippen molar-refractivity contribution in [1.29, 1.82) is 0 Å². The van der Waals surface area contributed by atoms with Gasteiger partial charge in [0.15, 0.2) is 0 Å². The molecule has 13 atom stereocenters. The fourth-order valence-corrected chi connectivity index (χ4v) is 16.5. The minimum atomic E-state index is -0.742. The van der Waals surface area contributed by atoms with Crippen molar-refractivity contribution in [2.45, 2.75) is 210 Å². The number of likely N-dealkylation sites (tertiary alicyclic amines) is 2. The Morgan fingerprint density at radius 3 is 1.00 bits per heavy atom. The third kappa shape index (κ3) is 23.9. The van der Waals surface area contributed by atoms with E-state index in [1.807, 2.05) is 206 Å². The highest BCUT2D eigenvalue weighted by atomic mass is 79.9. The van der Waals surface area contributed by atoms with Crippen molar-refractivity contribution in [1.82, 2.24) is 45.7 Å². The maximum absolute atomic E-state index is 13.0. The van der Waals surface area contributed by atoms with Crippen molar-refractivity contribution in [3.05, 3.63) is 198 Å². The van der Waals surface area contributed by atoms with Gasteiger partial charge in [-0.25, -0.2) is 19.9 Å². The smallest absolute Gasteiger partial charge is 0.243 e. The van der Waals surface area contributed by atoms with Crippen molar-refractivity contribution in [3.63, 3.8) is 0 Å². The van der Waals surface area contributed by atoms with Crippen LogP contribution in [0.15, 0.2) is 148 Å². The Hall–Kier alpha value is -7.79. The van der Waals surface area contributed by atoms with Gasteiger partial charge in [0.05, 0.1) is 107 Å². The minimum absolute atomic E-state index is 0.0307. The maximum Gasteiger partial charge on any atom is 0.243 e. The monoisotopic (exact) mass is 1630 g/mol. The average Bonchev–Trinajstić information content (AvgIpc) is 1.84. The molecule has 0 spiro atoms. The molecule has 110 heavy (non-hydrogen) atoms. The first-order chi connectivity index (χ1) is 51.9. The number of hydrogen-bond acceptors (Lipinski definition) is 19. The van der Waals surface area contributed by atoms with Crippen LogP contribution in [0.1, 0.15) is 196 Å². The van der Waals surface area contributed by atoms with E-state index in [2.05, 4.69) is 100 Å². The number of nitrogens with zero attached hydrogens (tertiary/aromatic N) is 6. The lowest BCUT2D eigenvalue weighted by atomic mass is 9.81. The lowest BCUT2D eigenvalue weighted by Crippen LogP contribution is -2.55. The van der Waals surface area contributed by atoms with Gasteiger partial charge in [-0.15, -0.1) is 45.3 Å². The van der Waals surface area contributed by atoms with E-state index in [1.165, 1.54) is 31.3 Å². The molecule has 5 aromatic carbocycles. The Labute approximate surface area is 673 Å². The van der Waals surface area contributed by atoms with E-state index in [4.69, 9.17) is 17.2 Å². The predicted octanol–water partition coefficient (Wildman–Crippen LogP) is 15.6. The highest BCUT2D eigenvalue weighted by Crippen LogP contribution is 2.36. The lowest BCUT2D eigenvalue weighted by Gasteiger charge is -2.33. The summed E-state index contributed by atoms with van der Waals surface area (Å²) >= 11 is 9.88. The van der Waals surface area contributed by atoms with Gasteiger partial charge in [-0.3, -0.25) is 24.0 Å². The third-order valence-corrected chi connectivity index (χ3v) is 25.0. The van der Waals surface area contributed by atoms with Crippen LogP contribution in [0.4, 0.5) is 0 Å². The van der Waals surface area contributed by atoms with E-state index >= 15 is 0 Å². The fraction of sp³-hybridized carbons (Fsp3) is 0.447. The third-order valence-electron chi connectivity index (χ3n) is 20.5. The lowest BCUT2D eigenvalue weighted by molar-refractivity contribution is -0.144. The van der Waals surface area contributed by atoms with Crippen LogP contribution in [0.25, 0.3) is 41.8 Å². The van der Waals surface area contributed by atoms with E-state index < -0.39 is 35.7 Å². The van der Waals surface area contributed by atoms with E-state index in [-0.39, 0.29) is 109 Å². The topological polar surface area (TPSA) is 318 Å². The molecule has 3 fully saturated rings. The Morgan fingerprint density at radius 1 is 0.427 bits per heavy atom. The molecule has 6 heterocycles. The van der Waals surface area contributed by atoms with Crippen LogP contribution in [0, 0.1) is 50.4 Å². The number of benzene rings is 5.